The number of amides is 1. The molecule has 0 fully saturated rings. The predicted molar refractivity (Wildman–Crippen MR) is 117 cm³/mol. The van der Waals surface area contributed by atoms with Gasteiger partial charge in [0.15, 0.2) is 11.5 Å². The van der Waals surface area contributed by atoms with Gasteiger partial charge in [-0.1, -0.05) is 5.21 Å². The second kappa shape index (κ2) is 9.98. The number of nitrogens with one attached hydrogen (secondary N) is 1. The second-order valence-corrected chi connectivity index (χ2v) is 6.61. The van der Waals surface area contributed by atoms with Crippen LogP contribution in [0.2, 0.25) is 0 Å². The summed E-state index contributed by atoms with van der Waals surface area (Å²) in [6.07, 6.45) is 1.59. The normalized spacial score (nSPS) is 11.6. The van der Waals surface area contributed by atoms with Crippen LogP contribution in [0.25, 0.3) is 16.9 Å². The van der Waals surface area contributed by atoms with E-state index in [2.05, 4.69) is 15.6 Å². The van der Waals surface area contributed by atoms with Crippen LogP contribution in [-0.4, -0.2) is 67.1 Å². The summed E-state index contributed by atoms with van der Waals surface area (Å²) in [6, 6.07) is 7.60. The van der Waals surface area contributed by atoms with Crippen LogP contribution in [0.3, 0.4) is 0 Å². The molecule has 0 bridgehead atoms. The van der Waals surface area contributed by atoms with Crippen molar-refractivity contribution in [2.75, 3.05) is 40.4 Å². The van der Waals surface area contributed by atoms with Crippen molar-refractivity contribution >= 4 is 11.6 Å². The number of anilines is 1. The molecule has 11 nitrogen and oxygen atoms in total. The van der Waals surface area contributed by atoms with Crippen molar-refractivity contribution in [3.8, 4) is 39.9 Å². The molecule has 0 unspecified atom stereocenters. The molecule has 3 aromatic rings. The molecule has 3 rings (SSSR count). The van der Waals surface area contributed by atoms with Gasteiger partial charge in [0.1, 0.15) is 11.8 Å². The molecular formula is C21H25N5O6. The van der Waals surface area contributed by atoms with E-state index < -0.39 is 18.6 Å². The number of hydrogen-bond donors (Lipinski definition) is 3. The lowest BCUT2D eigenvalue weighted by Crippen LogP contribution is -2.38. The van der Waals surface area contributed by atoms with Gasteiger partial charge in [0.05, 0.1) is 58.3 Å². The number of nitrogens with two attached hydrogens (primary N) is 1. The van der Waals surface area contributed by atoms with Crippen molar-refractivity contribution in [1.82, 2.24) is 15.0 Å². The maximum Gasteiger partial charge on any atom is 0.243 e. The van der Waals surface area contributed by atoms with E-state index >= 15 is 0 Å². The maximum absolute atomic E-state index is 12.2. The Bertz CT molecular complexity index is 1080. The standard InChI is InChI=1S/C21H25N5O6/c1-29-17-6-5-13(9-15(17)24-21(28)14(22)11-27)26-16(10-23-25-26)12-7-18(30-2)20(32-4)19(8-12)31-3/h5-10,14,27H,11,22H2,1-4H3,(H,24,28)/t14-/m0/s1. The lowest BCUT2D eigenvalue weighted by molar-refractivity contribution is -0.118. The highest BCUT2D eigenvalue weighted by molar-refractivity contribution is 5.96. The first-order chi connectivity index (χ1) is 15.5. The molecule has 0 saturated heterocycles. The minimum Gasteiger partial charge on any atom is -0.495 e. The molecule has 1 atom stereocenters. The van der Waals surface area contributed by atoms with Crippen LogP contribution < -0.4 is 30.0 Å². The average Bonchev–Trinajstić information content (AvgIpc) is 3.32. The van der Waals surface area contributed by atoms with Crippen LogP contribution in [0.1, 0.15) is 0 Å². The third kappa shape index (κ3) is 4.43. The van der Waals surface area contributed by atoms with E-state index in [0.717, 1.165) is 0 Å². The molecule has 0 aliphatic heterocycles. The van der Waals surface area contributed by atoms with Gasteiger partial charge in [-0.2, -0.15) is 0 Å². The smallest absolute Gasteiger partial charge is 0.243 e. The third-order valence-corrected chi connectivity index (χ3v) is 4.73. The van der Waals surface area contributed by atoms with Crippen molar-refractivity contribution in [2.45, 2.75) is 6.04 Å². The zero-order chi connectivity index (χ0) is 23.3. The van der Waals surface area contributed by atoms with Crippen molar-refractivity contribution in [3.05, 3.63) is 36.5 Å². The summed E-state index contributed by atoms with van der Waals surface area (Å²) in [4.78, 5) is 12.2. The molecule has 2 aromatic carbocycles. The molecule has 0 aliphatic carbocycles. The summed E-state index contributed by atoms with van der Waals surface area (Å²) in [6.45, 7) is -0.484. The van der Waals surface area contributed by atoms with Gasteiger partial charge in [0, 0.05) is 5.56 Å². The van der Waals surface area contributed by atoms with Crippen molar-refractivity contribution < 1.29 is 28.8 Å². The van der Waals surface area contributed by atoms with Crippen LogP contribution >= 0.6 is 0 Å². The minimum absolute atomic E-state index is 0.366. The van der Waals surface area contributed by atoms with Crippen LogP contribution in [0.4, 0.5) is 5.69 Å². The average molecular weight is 443 g/mol. The largest absolute Gasteiger partial charge is 0.495 e. The zero-order valence-electron chi connectivity index (χ0n) is 18.2. The van der Waals surface area contributed by atoms with E-state index in [9.17, 15) is 4.79 Å². The molecule has 0 saturated carbocycles. The summed E-state index contributed by atoms with van der Waals surface area (Å²) < 4.78 is 23.2. The third-order valence-electron chi connectivity index (χ3n) is 4.73. The number of aromatic nitrogens is 3. The Hall–Kier alpha value is -3.83. The number of hydrogen-bond acceptors (Lipinski definition) is 9. The van der Waals surface area contributed by atoms with Crippen LogP contribution in [0, 0.1) is 0 Å². The first-order valence-electron chi connectivity index (χ1n) is 9.54. The number of benzene rings is 2. The quantitative estimate of drug-likeness (QED) is 0.445. The number of methoxy groups -OCH3 is 4. The lowest BCUT2D eigenvalue weighted by Gasteiger charge is -2.16. The Morgan fingerprint density at radius 2 is 1.72 bits per heavy atom. The van der Waals surface area contributed by atoms with Gasteiger partial charge in [-0.15, -0.1) is 5.10 Å². The Balaban J connectivity index is 2.07. The molecule has 1 aromatic heterocycles. The number of nitrogens with zero attached hydrogens (tertiary/aromatic N) is 3. The number of aliphatic hydroxyl groups is 1. The Morgan fingerprint density at radius 3 is 2.28 bits per heavy atom. The highest BCUT2D eigenvalue weighted by Gasteiger charge is 2.19. The maximum atomic E-state index is 12.2. The summed E-state index contributed by atoms with van der Waals surface area (Å²) in [5.74, 6) is 1.30. The van der Waals surface area contributed by atoms with Crippen molar-refractivity contribution in [3.63, 3.8) is 0 Å². The van der Waals surface area contributed by atoms with Crippen molar-refractivity contribution in [1.29, 1.82) is 0 Å². The van der Waals surface area contributed by atoms with Crippen molar-refractivity contribution in [2.24, 2.45) is 5.73 Å². The molecule has 170 valence electrons. The van der Waals surface area contributed by atoms with E-state index in [0.29, 0.717) is 45.6 Å². The Morgan fingerprint density at radius 1 is 1.06 bits per heavy atom. The van der Waals surface area contributed by atoms with E-state index in [1.54, 1.807) is 41.2 Å². The molecule has 1 heterocycles. The molecule has 11 heteroatoms. The number of aliphatic hydroxyl groups excluding tert-OH is 1. The van der Waals surface area contributed by atoms with Gasteiger partial charge >= 0.3 is 0 Å². The van der Waals surface area contributed by atoms with Gasteiger partial charge < -0.3 is 35.1 Å². The topological polar surface area (TPSA) is 143 Å². The predicted octanol–water partition coefficient (Wildman–Crippen LogP) is 1.23. The molecule has 4 N–H and O–H groups in total. The fourth-order valence-electron chi connectivity index (χ4n) is 3.09. The van der Waals surface area contributed by atoms with Gasteiger partial charge in [-0.05, 0) is 30.3 Å². The second-order valence-electron chi connectivity index (χ2n) is 6.61. The number of ether oxygens (including phenoxy) is 4. The van der Waals surface area contributed by atoms with Gasteiger partial charge in [-0.3, -0.25) is 4.79 Å². The molecule has 0 spiro atoms. The number of carbonyl (C=O) groups is 1. The molecule has 0 aliphatic rings. The fraction of sp³-hybridized carbons (Fsp3) is 0.286. The van der Waals surface area contributed by atoms with Crippen LogP contribution in [0.15, 0.2) is 36.5 Å². The van der Waals surface area contributed by atoms with E-state index in [-0.39, 0.29) is 0 Å². The molecule has 32 heavy (non-hydrogen) atoms. The van der Waals surface area contributed by atoms with E-state index in [1.165, 1.54) is 28.4 Å². The highest BCUT2D eigenvalue weighted by Crippen LogP contribution is 2.41. The van der Waals surface area contributed by atoms with Crippen LogP contribution in [-0.2, 0) is 4.79 Å². The summed E-state index contributed by atoms with van der Waals surface area (Å²) in [5.41, 5.74) is 7.92. The van der Waals surface area contributed by atoms with E-state index in [1.807, 2.05) is 0 Å². The molecule has 1 amide bonds. The lowest BCUT2D eigenvalue weighted by atomic mass is 10.1. The minimum atomic E-state index is -1.07. The summed E-state index contributed by atoms with van der Waals surface area (Å²) in [7, 11) is 6.08. The fourth-order valence-corrected chi connectivity index (χ4v) is 3.09. The summed E-state index contributed by atoms with van der Waals surface area (Å²) >= 11 is 0. The highest BCUT2D eigenvalue weighted by atomic mass is 16.5. The van der Waals surface area contributed by atoms with Gasteiger partial charge in [-0.25, -0.2) is 4.68 Å². The monoisotopic (exact) mass is 443 g/mol. The van der Waals surface area contributed by atoms with Crippen LogP contribution in [0.5, 0.6) is 23.0 Å². The number of rotatable bonds is 9. The Kier molecular flexibility index (Phi) is 7.13. The molecular weight excluding hydrogens is 418 g/mol. The molecule has 0 radical (unpaired) electrons. The first-order valence-corrected chi connectivity index (χ1v) is 9.54. The number of carbonyl (C=O) groups excluding carboxylic acids is 1. The van der Waals surface area contributed by atoms with Gasteiger partial charge in [0.2, 0.25) is 11.7 Å². The zero-order valence-corrected chi connectivity index (χ0v) is 18.2. The Labute approximate surface area is 184 Å². The SMILES string of the molecule is COc1ccc(-n2nncc2-c2cc(OC)c(OC)c(OC)c2)cc1NC(=O)[C@@H](N)CO. The van der Waals surface area contributed by atoms with Gasteiger partial charge in [0.25, 0.3) is 0 Å². The first kappa shape index (κ1) is 22.8. The van der Waals surface area contributed by atoms with E-state index in [4.69, 9.17) is 29.8 Å². The summed E-state index contributed by atoms with van der Waals surface area (Å²) in [5, 5.41) is 20.0.